The average molecular weight is 258 g/mol. The van der Waals surface area contributed by atoms with E-state index in [1.54, 1.807) is 0 Å². The molecule has 1 aliphatic rings. The molecule has 1 aromatic rings. The Bertz CT molecular complexity index is 499. The van der Waals surface area contributed by atoms with Crippen molar-refractivity contribution < 1.29 is 19.1 Å². The summed E-state index contributed by atoms with van der Waals surface area (Å²) in [6.45, 7) is 0. The Morgan fingerprint density at radius 2 is 2.06 bits per heavy atom. The molecule has 0 heterocycles. The highest BCUT2D eigenvalue weighted by Gasteiger charge is 2.51. The topological polar surface area (TPSA) is 66.4 Å². The van der Waals surface area contributed by atoms with E-state index in [9.17, 15) is 14.0 Å². The Morgan fingerprint density at radius 3 is 2.59 bits per heavy atom. The first-order valence-electron chi connectivity index (χ1n) is 4.96. The van der Waals surface area contributed by atoms with Crippen LogP contribution in [0.1, 0.15) is 23.2 Å². The summed E-state index contributed by atoms with van der Waals surface area (Å²) >= 11 is 5.63. The van der Waals surface area contributed by atoms with Crippen LogP contribution in [0.25, 0.3) is 0 Å². The van der Waals surface area contributed by atoms with Gasteiger partial charge in [0.25, 0.3) is 5.91 Å². The first kappa shape index (κ1) is 11.9. The highest BCUT2D eigenvalue weighted by molar-refractivity contribution is 6.34. The van der Waals surface area contributed by atoms with Gasteiger partial charge in [0, 0.05) is 0 Å². The van der Waals surface area contributed by atoms with Crippen LogP contribution in [0.2, 0.25) is 5.02 Å². The van der Waals surface area contributed by atoms with Crippen molar-refractivity contribution in [1.29, 1.82) is 0 Å². The van der Waals surface area contributed by atoms with Gasteiger partial charge in [-0.1, -0.05) is 17.7 Å². The number of carboxylic acids is 1. The third-order valence-corrected chi connectivity index (χ3v) is 3.09. The van der Waals surface area contributed by atoms with Crippen molar-refractivity contribution in [3.63, 3.8) is 0 Å². The minimum atomic E-state index is -1.20. The van der Waals surface area contributed by atoms with E-state index in [0.717, 1.165) is 6.07 Å². The molecule has 2 rings (SSSR count). The first-order valence-corrected chi connectivity index (χ1v) is 5.34. The van der Waals surface area contributed by atoms with E-state index in [1.165, 1.54) is 12.1 Å². The van der Waals surface area contributed by atoms with Crippen molar-refractivity contribution in [3.05, 3.63) is 34.6 Å². The summed E-state index contributed by atoms with van der Waals surface area (Å²) in [5.74, 6) is -2.47. The number of amides is 1. The summed E-state index contributed by atoms with van der Waals surface area (Å²) in [5.41, 5.74) is -1.26. The molecule has 1 fully saturated rings. The van der Waals surface area contributed by atoms with Gasteiger partial charge in [-0.15, -0.1) is 0 Å². The van der Waals surface area contributed by atoms with Crippen LogP contribution in [0.5, 0.6) is 0 Å². The fraction of sp³-hybridized carbons (Fsp3) is 0.273. The molecule has 0 saturated heterocycles. The molecule has 6 heteroatoms. The number of nitrogens with one attached hydrogen (secondary N) is 1. The van der Waals surface area contributed by atoms with Crippen LogP contribution in [0.4, 0.5) is 4.39 Å². The number of carbonyl (C=O) groups excluding carboxylic acids is 1. The number of rotatable bonds is 3. The Kier molecular flexibility index (Phi) is 2.79. The molecule has 1 aromatic carbocycles. The molecule has 0 spiro atoms. The van der Waals surface area contributed by atoms with Gasteiger partial charge in [-0.2, -0.15) is 0 Å². The predicted molar refractivity (Wildman–Crippen MR) is 58.5 cm³/mol. The maximum Gasteiger partial charge on any atom is 0.329 e. The molecule has 0 bridgehead atoms. The number of hydrogen-bond acceptors (Lipinski definition) is 2. The van der Waals surface area contributed by atoms with Gasteiger partial charge in [-0.05, 0) is 25.0 Å². The van der Waals surface area contributed by atoms with E-state index in [2.05, 4.69) is 5.32 Å². The van der Waals surface area contributed by atoms with Crippen LogP contribution >= 0.6 is 11.6 Å². The van der Waals surface area contributed by atoms with Crippen molar-refractivity contribution in [2.24, 2.45) is 0 Å². The molecule has 1 amide bonds. The van der Waals surface area contributed by atoms with E-state index in [4.69, 9.17) is 16.7 Å². The summed E-state index contributed by atoms with van der Waals surface area (Å²) in [7, 11) is 0. The number of carbonyl (C=O) groups is 2. The van der Waals surface area contributed by atoms with Crippen molar-refractivity contribution >= 4 is 23.5 Å². The lowest BCUT2D eigenvalue weighted by molar-refractivity contribution is -0.140. The third kappa shape index (κ3) is 2.10. The molecule has 17 heavy (non-hydrogen) atoms. The molecule has 90 valence electrons. The average Bonchev–Trinajstić information content (AvgIpc) is 3.03. The molecule has 0 aromatic heterocycles. The summed E-state index contributed by atoms with van der Waals surface area (Å²) in [5, 5.41) is 11.0. The number of benzene rings is 1. The van der Waals surface area contributed by atoms with E-state index in [-0.39, 0.29) is 10.6 Å². The number of hydrogen-bond donors (Lipinski definition) is 2. The van der Waals surface area contributed by atoms with Crippen LogP contribution in [0.15, 0.2) is 18.2 Å². The minimum absolute atomic E-state index is 0.0563. The highest BCUT2D eigenvalue weighted by atomic mass is 35.5. The minimum Gasteiger partial charge on any atom is -0.480 e. The molecule has 0 atom stereocenters. The SMILES string of the molecule is O=C(NC1(C(=O)O)CC1)c1cccc(F)c1Cl. The molecule has 0 unspecified atom stereocenters. The maximum absolute atomic E-state index is 13.1. The Labute approximate surface area is 101 Å². The largest absolute Gasteiger partial charge is 0.480 e. The first-order chi connectivity index (χ1) is 7.96. The highest BCUT2D eigenvalue weighted by Crippen LogP contribution is 2.36. The number of aliphatic carboxylic acids is 1. The van der Waals surface area contributed by atoms with Gasteiger partial charge < -0.3 is 10.4 Å². The van der Waals surface area contributed by atoms with Gasteiger partial charge in [0.05, 0.1) is 10.6 Å². The van der Waals surface area contributed by atoms with Crippen LogP contribution in [0, 0.1) is 5.82 Å². The summed E-state index contributed by atoms with van der Waals surface area (Å²) in [6, 6.07) is 3.82. The van der Waals surface area contributed by atoms with Crippen molar-refractivity contribution in [1.82, 2.24) is 5.32 Å². The van der Waals surface area contributed by atoms with Gasteiger partial charge in [-0.25, -0.2) is 9.18 Å². The quantitative estimate of drug-likeness (QED) is 0.868. The second kappa shape index (κ2) is 4.00. The molecule has 0 radical (unpaired) electrons. The van der Waals surface area contributed by atoms with Crippen molar-refractivity contribution in [2.75, 3.05) is 0 Å². The lowest BCUT2D eigenvalue weighted by Gasteiger charge is -2.13. The normalized spacial score (nSPS) is 16.4. The monoisotopic (exact) mass is 257 g/mol. The Hall–Kier alpha value is -1.62. The molecule has 2 N–H and O–H groups in total. The molecular formula is C11H9ClFNO3. The van der Waals surface area contributed by atoms with Crippen LogP contribution in [0.3, 0.4) is 0 Å². The second-order valence-corrected chi connectivity index (χ2v) is 4.32. The summed E-state index contributed by atoms with van der Waals surface area (Å²) in [4.78, 5) is 22.6. The predicted octanol–water partition coefficient (Wildman–Crippen LogP) is 1.83. The van der Waals surface area contributed by atoms with E-state index < -0.39 is 23.2 Å². The number of carboxylic acid groups (broad SMARTS) is 1. The fourth-order valence-electron chi connectivity index (χ4n) is 1.48. The van der Waals surface area contributed by atoms with E-state index >= 15 is 0 Å². The Morgan fingerprint density at radius 1 is 1.41 bits per heavy atom. The summed E-state index contributed by atoms with van der Waals surface area (Å²) in [6.07, 6.45) is 0.752. The molecule has 4 nitrogen and oxygen atoms in total. The van der Waals surface area contributed by atoms with Crippen LogP contribution in [-0.4, -0.2) is 22.5 Å². The van der Waals surface area contributed by atoms with E-state index in [1.807, 2.05) is 0 Å². The van der Waals surface area contributed by atoms with Gasteiger partial charge in [0.2, 0.25) is 0 Å². The smallest absolute Gasteiger partial charge is 0.329 e. The van der Waals surface area contributed by atoms with Crippen LogP contribution in [-0.2, 0) is 4.79 Å². The standard InChI is InChI=1S/C11H9ClFNO3/c12-8-6(2-1-3-7(8)13)9(15)14-11(4-5-11)10(16)17/h1-3H,4-5H2,(H,14,15)(H,16,17). The maximum atomic E-state index is 13.1. The molecule has 1 saturated carbocycles. The molecular weight excluding hydrogens is 249 g/mol. The molecule has 0 aliphatic heterocycles. The van der Waals surface area contributed by atoms with Crippen molar-refractivity contribution in [2.45, 2.75) is 18.4 Å². The lowest BCUT2D eigenvalue weighted by atomic mass is 10.1. The van der Waals surface area contributed by atoms with Crippen molar-refractivity contribution in [3.8, 4) is 0 Å². The van der Waals surface area contributed by atoms with Gasteiger partial charge in [0.1, 0.15) is 11.4 Å². The zero-order chi connectivity index (χ0) is 12.6. The Balaban J connectivity index is 2.21. The van der Waals surface area contributed by atoms with Crippen LogP contribution < -0.4 is 5.32 Å². The number of halogens is 2. The zero-order valence-corrected chi connectivity index (χ0v) is 9.42. The lowest BCUT2D eigenvalue weighted by Crippen LogP contribution is -2.43. The summed E-state index contributed by atoms with van der Waals surface area (Å²) < 4.78 is 13.1. The van der Waals surface area contributed by atoms with Gasteiger partial charge >= 0.3 is 5.97 Å². The molecule has 1 aliphatic carbocycles. The van der Waals surface area contributed by atoms with Gasteiger partial charge in [-0.3, -0.25) is 4.79 Å². The van der Waals surface area contributed by atoms with E-state index in [0.29, 0.717) is 12.8 Å². The van der Waals surface area contributed by atoms with Gasteiger partial charge in [0.15, 0.2) is 0 Å². The third-order valence-electron chi connectivity index (χ3n) is 2.71. The zero-order valence-electron chi connectivity index (χ0n) is 8.67. The fourth-order valence-corrected chi connectivity index (χ4v) is 1.69. The second-order valence-electron chi connectivity index (χ2n) is 3.94.